The first-order chi connectivity index (χ1) is 8.19. The summed E-state index contributed by atoms with van der Waals surface area (Å²) in [6, 6.07) is 3.53. The van der Waals surface area contributed by atoms with Crippen LogP contribution in [0.4, 0.5) is 5.69 Å². The van der Waals surface area contributed by atoms with Gasteiger partial charge in [-0.05, 0) is 13.0 Å². The zero-order valence-electron chi connectivity index (χ0n) is 9.06. The number of nitrogens with two attached hydrogens (primary N) is 1. The average Bonchev–Trinajstić information content (AvgIpc) is 2.66. The lowest BCUT2D eigenvalue weighted by molar-refractivity contribution is 0.0528. The van der Waals surface area contributed by atoms with Gasteiger partial charge in [0.15, 0.2) is 0 Å². The van der Waals surface area contributed by atoms with Crippen molar-refractivity contribution in [2.45, 2.75) is 6.92 Å². The molecule has 2 aromatic heterocycles. The van der Waals surface area contributed by atoms with Crippen LogP contribution in [0.15, 0.2) is 12.3 Å². The summed E-state index contributed by atoms with van der Waals surface area (Å²) in [5, 5.41) is 9.40. The van der Waals surface area contributed by atoms with Gasteiger partial charge in [-0.15, -0.1) is 11.3 Å². The monoisotopic (exact) mass is 247 g/mol. The molecule has 0 radical (unpaired) electrons. The van der Waals surface area contributed by atoms with Crippen LogP contribution in [0.2, 0.25) is 0 Å². The van der Waals surface area contributed by atoms with Crippen molar-refractivity contribution >= 4 is 33.2 Å². The Bertz CT molecular complexity index is 627. The zero-order chi connectivity index (χ0) is 12.4. The highest BCUT2D eigenvalue weighted by Crippen LogP contribution is 2.34. The highest BCUT2D eigenvalue weighted by Gasteiger charge is 2.18. The van der Waals surface area contributed by atoms with Crippen LogP contribution in [0.3, 0.4) is 0 Å². The molecule has 0 unspecified atom stereocenters. The minimum absolute atomic E-state index is 0.289. The largest absolute Gasteiger partial charge is 0.462 e. The molecule has 0 saturated heterocycles. The lowest BCUT2D eigenvalue weighted by Crippen LogP contribution is -2.05. The highest BCUT2D eigenvalue weighted by molar-refractivity contribution is 7.19. The summed E-state index contributed by atoms with van der Waals surface area (Å²) in [5.74, 6) is -0.450. The van der Waals surface area contributed by atoms with E-state index in [-0.39, 0.29) is 6.61 Å². The quantitative estimate of drug-likeness (QED) is 0.819. The first kappa shape index (κ1) is 11.4. The molecule has 0 saturated carbocycles. The Morgan fingerprint density at radius 3 is 3.12 bits per heavy atom. The van der Waals surface area contributed by atoms with Crippen molar-refractivity contribution in [2.24, 2.45) is 0 Å². The minimum atomic E-state index is -0.450. The van der Waals surface area contributed by atoms with Crippen LogP contribution < -0.4 is 5.73 Å². The number of rotatable bonds is 2. The number of fused-ring (bicyclic) bond motifs is 1. The second kappa shape index (κ2) is 4.39. The van der Waals surface area contributed by atoms with E-state index in [2.05, 4.69) is 4.98 Å². The molecule has 0 aliphatic heterocycles. The fraction of sp³-hybridized carbons (Fsp3) is 0.182. The van der Waals surface area contributed by atoms with Crippen LogP contribution in [0.5, 0.6) is 0 Å². The predicted octanol–water partition coefficient (Wildman–Crippen LogP) is 1.93. The van der Waals surface area contributed by atoms with Crippen LogP contribution in [0.1, 0.15) is 22.2 Å². The molecule has 6 heteroatoms. The van der Waals surface area contributed by atoms with Crippen LogP contribution in [-0.2, 0) is 4.74 Å². The van der Waals surface area contributed by atoms with Crippen molar-refractivity contribution < 1.29 is 9.53 Å². The minimum Gasteiger partial charge on any atom is -0.462 e. The van der Waals surface area contributed by atoms with Crippen molar-refractivity contribution in [3.63, 3.8) is 0 Å². The number of nitrogens with zero attached hydrogens (tertiary/aromatic N) is 2. The maximum atomic E-state index is 11.7. The normalized spacial score (nSPS) is 10.1. The number of carbonyl (C=O) groups is 1. The number of nitrogen functional groups attached to an aromatic ring is 1. The van der Waals surface area contributed by atoms with E-state index >= 15 is 0 Å². The summed E-state index contributed by atoms with van der Waals surface area (Å²) >= 11 is 1.17. The summed E-state index contributed by atoms with van der Waals surface area (Å²) in [7, 11) is 0. The smallest absolute Gasteiger partial charge is 0.338 e. The Hall–Kier alpha value is -2.13. The molecule has 0 spiro atoms. The van der Waals surface area contributed by atoms with Gasteiger partial charge in [0.05, 0.1) is 23.2 Å². The fourth-order valence-corrected chi connectivity index (χ4v) is 2.39. The van der Waals surface area contributed by atoms with Gasteiger partial charge in [0.2, 0.25) is 0 Å². The lowest BCUT2D eigenvalue weighted by atomic mass is 10.1. The Kier molecular flexibility index (Phi) is 2.93. The van der Waals surface area contributed by atoms with Crippen LogP contribution >= 0.6 is 11.3 Å². The standard InChI is InChI=1S/C11H9N3O2S/c1-2-16-11(15)6-3-4-14-10-8(6)9(13)7(5-12)17-10/h3-4H,2,13H2,1H3. The van der Waals surface area contributed by atoms with E-state index < -0.39 is 5.97 Å². The number of thiophene rings is 1. The van der Waals surface area contributed by atoms with E-state index in [1.165, 1.54) is 17.5 Å². The van der Waals surface area contributed by atoms with Gasteiger partial charge in [-0.25, -0.2) is 9.78 Å². The topological polar surface area (TPSA) is 89.0 Å². The number of esters is 1. The second-order valence-corrected chi connectivity index (χ2v) is 4.21. The number of anilines is 1. The zero-order valence-corrected chi connectivity index (χ0v) is 9.87. The Labute approximate surface area is 101 Å². The third-order valence-corrected chi connectivity index (χ3v) is 3.24. The van der Waals surface area contributed by atoms with Crippen molar-refractivity contribution in [1.29, 1.82) is 5.26 Å². The summed E-state index contributed by atoms with van der Waals surface area (Å²) in [6.45, 7) is 2.02. The first-order valence-electron chi connectivity index (χ1n) is 4.93. The molecule has 86 valence electrons. The molecule has 0 bridgehead atoms. The van der Waals surface area contributed by atoms with Crippen LogP contribution in [0.25, 0.3) is 10.2 Å². The molecule has 2 heterocycles. The van der Waals surface area contributed by atoms with Gasteiger partial charge in [0, 0.05) is 6.20 Å². The fourth-order valence-electron chi connectivity index (χ4n) is 1.51. The van der Waals surface area contributed by atoms with Gasteiger partial charge in [0.25, 0.3) is 0 Å². The van der Waals surface area contributed by atoms with Crippen molar-refractivity contribution in [2.75, 3.05) is 12.3 Å². The SMILES string of the molecule is CCOC(=O)c1ccnc2sc(C#N)c(N)c12. The molecule has 0 aromatic carbocycles. The number of hydrogen-bond acceptors (Lipinski definition) is 6. The Morgan fingerprint density at radius 1 is 1.71 bits per heavy atom. The van der Waals surface area contributed by atoms with Gasteiger partial charge in [0.1, 0.15) is 15.8 Å². The number of carbonyl (C=O) groups excluding carboxylic acids is 1. The molecule has 0 amide bonds. The predicted molar refractivity (Wildman–Crippen MR) is 64.7 cm³/mol. The molecular formula is C11H9N3O2S. The summed E-state index contributed by atoms with van der Waals surface area (Å²) in [5.41, 5.74) is 6.47. The molecule has 0 aliphatic rings. The summed E-state index contributed by atoms with van der Waals surface area (Å²) in [4.78, 5) is 16.8. The number of pyridine rings is 1. The van der Waals surface area contributed by atoms with Crippen LogP contribution in [-0.4, -0.2) is 17.6 Å². The number of aromatic nitrogens is 1. The molecule has 17 heavy (non-hydrogen) atoms. The Balaban J connectivity index is 2.69. The van der Waals surface area contributed by atoms with Crippen molar-refractivity contribution in [3.05, 3.63) is 22.7 Å². The molecule has 0 aliphatic carbocycles. The van der Waals surface area contributed by atoms with Gasteiger partial charge in [-0.2, -0.15) is 5.26 Å². The molecule has 2 aromatic rings. The molecular weight excluding hydrogens is 238 g/mol. The third kappa shape index (κ3) is 1.81. The van der Waals surface area contributed by atoms with Crippen LogP contribution in [0, 0.1) is 11.3 Å². The molecule has 0 atom stereocenters. The van der Waals surface area contributed by atoms with Gasteiger partial charge in [-0.3, -0.25) is 0 Å². The number of hydrogen-bond donors (Lipinski definition) is 1. The van der Waals surface area contributed by atoms with E-state index in [9.17, 15) is 4.79 Å². The van der Waals surface area contributed by atoms with E-state index in [4.69, 9.17) is 15.7 Å². The summed E-state index contributed by atoms with van der Waals surface area (Å²) in [6.07, 6.45) is 1.51. The van der Waals surface area contributed by atoms with Crippen molar-refractivity contribution in [3.8, 4) is 6.07 Å². The van der Waals surface area contributed by atoms with Crippen molar-refractivity contribution in [1.82, 2.24) is 4.98 Å². The third-order valence-electron chi connectivity index (χ3n) is 2.23. The van der Waals surface area contributed by atoms with E-state index in [1.54, 1.807) is 13.0 Å². The number of ether oxygens (including phenoxy) is 1. The first-order valence-corrected chi connectivity index (χ1v) is 5.74. The second-order valence-electron chi connectivity index (χ2n) is 3.22. The van der Waals surface area contributed by atoms with Gasteiger partial charge < -0.3 is 10.5 Å². The maximum Gasteiger partial charge on any atom is 0.338 e. The average molecular weight is 247 g/mol. The molecule has 2 N–H and O–H groups in total. The van der Waals surface area contributed by atoms with Gasteiger partial charge in [-0.1, -0.05) is 0 Å². The lowest BCUT2D eigenvalue weighted by Gasteiger charge is -2.03. The van der Waals surface area contributed by atoms with E-state index in [0.29, 0.717) is 26.3 Å². The Morgan fingerprint density at radius 2 is 2.47 bits per heavy atom. The summed E-state index contributed by atoms with van der Waals surface area (Å²) < 4.78 is 4.93. The van der Waals surface area contributed by atoms with Gasteiger partial charge >= 0.3 is 5.97 Å². The molecule has 2 rings (SSSR count). The number of nitriles is 1. The van der Waals surface area contributed by atoms with E-state index in [0.717, 1.165) is 0 Å². The molecule has 0 fully saturated rings. The van der Waals surface area contributed by atoms with E-state index in [1.807, 2.05) is 6.07 Å². The maximum absolute atomic E-state index is 11.7. The molecule has 5 nitrogen and oxygen atoms in total. The highest BCUT2D eigenvalue weighted by atomic mass is 32.1.